The lowest BCUT2D eigenvalue weighted by atomic mass is 10.3. The van der Waals surface area contributed by atoms with Crippen molar-refractivity contribution in [1.82, 2.24) is 9.55 Å². The maximum atomic E-state index is 12.9. The van der Waals surface area contributed by atoms with Gasteiger partial charge in [-0.1, -0.05) is 0 Å². The summed E-state index contributed by atoms with van der Waals surface area (Å²) in [5, 5.41) is 0. The summed E-state index contributed by atoms with van der Waals surface area (Å²) in [4.78, 5) is 3.77. The molecule has 0 radical (unpaired) electrons. The van der Waals surface area contributed by atoms with Gasteiger partial charge in [0.25, 0.3) is 0 Å². The van der Waals surface area contributed by atoms with Gasteiger partial charge in [0.15, 0.2) is 11.6 Å². The number of imidazole rings is 1. The first-order valence-corrected chi connectivity index (χ1v) is 3.93. The Kier molecular flexibility index (Phi) is 1.92. The second-order valence-electron chi connectivity index (χ2n) is 2.75. The molecule has 0 aliphatic rings. The molecule has 0 saturated carbocycles. The van der Waals surface area contributed by atoms with Gasteiger partial charge in [-0.15, -0.1) is 0 Å². The molecule has 0 aliphatic heterocycles. The number of hydrogen-bond donors (Lipinski definition) is 1. The summed E-state index contributed by atoms with van der Waals surface area (Å²) in [6.45, 7) is 0. The van der Waals surface area contributed by atoms with Gasteiger partial charge in [0, 0.05) is 18.5 Å². The molecule has 1 aromatic heterocycles. The quantitative estimate of drug-likeness (QED) is 0.753. The van der Waals surface area contributed by atoms with E-state index < -0.39 is 11.6 Å². The van der Waals surface area contributed by atoms with Crippen molar-refractivity contribution < 1.29 is 8.78 Å². The van der Waals surface area contributed by atoms with Crippen LogP contribution in [0.4, 0.5) is 14.7 Å². The van der Waals surface area contributed by atoms with Crippen LogP contribution in [-0.4, -0.2) is 9.55 Å². The highest BCUT2D eigenvalue weighted by molar-refractivity contribution is 5.39. The first-order chi connectivity index (χ1) is 6.68. The van der Waals surface area contributed by atoms with Crippen molar-refractivity contribution >= 4 is 5.95 Å². The Balaban J connectivity index is 2.53. The van der Waals surface area contributed by atoms with Crippen molar-refractivity contribution in [2.45, 2.75) is 0 Å². The van der Waals surface area contributed by atoms with Gasteiger partial charge < -0.3 is 5.73 Å². The normalized spacial score (nSPS) is 10.4. The zero-order valence-corrected chi connectivity index (χ0v) is 7.11. The van der Waals surface area contributed by atoms with Crippen molar-refractivity contribution in [1.29, 1.82) is 0 Å². The topological polar surface area (TPSA) is 43.8 Å². The number of aromatic nitrogens is 2. The largest absolute Gasteiger partial charge is 0.369 e. The third kappa shape index (κ3) is 1.32. The molecule has 0 saturated heterocycles. The first-order valence-electron chi connectivity index (χ1n) is 3.93. The van der Waals surface area contributed by atoms with Crippen molar-refractivity contribution in [2.24, 2.45) is 0 Å². The van der Waals surface area contributed by atoms with Crippen molar-refractivity contribution in [2.75, 3.05) is 5.73 Å². The highest BCUT2D eigenvalue weighted by atomic mass is 19.2. The number of rotatable bonds is 1. The minimum atomic E-state index is -0.907. The minimum Gasteiger partial charge on any atom is -0.369 e. The average molecular weight is 195 g/mol. The lowest BCUT2D eigenvalue weighted by Gasteiger charge is -2.04. The molecule has 0 unspecified atom stereocenters. The molecule has 2 N–H and O–H groups in total. The van der Waals surface area contributed by atoms with E-state index in [0.717, 1.165) is 12.1 Å². The zero-order valence-electron chi connectivity index (χ0n) is 7.11. The molecule has 2 rings (SSSR count). The van der Waals surface area contributed by atoms with E-state index in [1.807, 2.05) is 0 Å². The van der Waals surface area contributed by atoms with E-state index in [-0.39, 0.29) is 5.95 Å². The Labute approximate surface area is 78.8 Å². The Morgan fingerprint density at radius 1 is 1.21 bits per heavy atom. The predicted molar refractivity (Wildman–Crippen MR) is 47.9 cm³/mol. The Morgan fingerprint density at radius 2 is 2.00 bits per heavy atom. The molecule has 0 amide bonds. The van der Waals surface area contributed by atoms with Crippen LogP contribution in [0.3, 0.4) is 0 Å². The summed E-state index contributed by atoms with van der Waals surface area (Å²) in [5.74, 6) is -1.56. The maximum absolute atomic E-state index is 12.9. The van der Waals surface area contributed by atoms with Crippen LogP contribution >= 0.6 is 0 Å². The highest BCUT2D eigenvalue weighted by Crippen LogP contribution is 2.15. The molecule has 14 heavy (non-hydrogen) atoms. The number of nitrogen functional groups attached to an aromatic ring is 1. The summed E-state index contributed by atoms with van der Waals surface area (Å²) in [7, 11) is 0. The highest BCUT2D eigenvalue weighted by Gasteiger charge is 2.05. The fourth-order valence-corrected chi connectivity index (χ4v) is 1.17. The minimum absolute atomic E-state index is 0.232. The van der Waals surface area contributed by atoms with E-state index in [1.54, 1.807) is 6.20 Å². The van der Waals surface area contributed by atoms with Crippen LogP contribution in [-0.2, 0) is 0 Å². The maximum Gasteiger partial charge on any atom is 0.204 e. The lowest BCUT2D eigenvalue weighted by molar-refractivity contribution is 0.508. The number of hydrogen-bond acceptors (Lipinski definition) is 2. The third-order valence-corrected chi connectivity index (χ3v) is 1.85. The van der Waals surface area contributed by atoms with Gasteiger partial charge in [-0.25, -0.2) is 13.8 Å². The zero-order chi connectivity index (χ0) is 10.1. The van der Waals surface area contributed by atoms with E-state index in [4.69, 9.17) is 5.73 Å². The number of halogens is 2. The molecule has 1 aromatic carbocycles. The van der Waals surface area contributed by atoms with E-state index >= 15 is 0 Å². The first kappa shape index (κ1) is 8.68. The van der Waals surface area contributed by atoms with E-state index in [0.29, 0.717) is 5.69 Å². The molecular weight excluding hydrogens is 188 g/mol. The third-order valence-electron chi connectivity index (χ3n) is 1.85. The van der Waals surface area contributed by atoms with Gasteiger partial charge in [-0.2, -0.15) is 0 Å². The Bertz CT molecular complexity index is 465. The molecule has 0 bridgehead atoms. The molecule has 3 nitrogen and oxygen atoms in total. The summed E-state index contributed by atoms with van der Waals surface area (Å²) in [6.07, 6.45) is 3.05. The molecule has 0 aliphatic carbocycles. The molecule has 0 atom stereocenters. The van der Waals surface area contributed by atoms with Crippen LogP contribution in [0.2, 0.25) is 0 Å². The molecule has 1 heterocycles. The summed E-state index contributed by atoms with van der Waals surface area (Å²) >= 11 is 0. The van der Waals surface area contributed by atoms with Gasteiger partial charge in [0.1, 0.15) is 0 Å². The van der Waals surface area contributed by atoms with Crippen LogP contribution in [0.1, 0.15) is 0 Å². The van der Waals surface area contributed by atoms with Crippen molar-refractivity contribution in [3.8, 4) is 5.69 Å². The standard InChI is InChI=1S/C9H7F2N3/c10-7-2-1-6(5-8(7)11)14-4-3-13-9(14)12/h1-5H,(H2,12,13). The molecule has 72 valence electrons. The van der Waals surface area contributed by atoms with E-state index in [2.05, 4.69) is 4.98 Å². The van der Waals surface area contributed by atoms with Crippen LogP contribution in [0, 0.1) is 11.6 Å². The van der Waals surface area contributed by atoms with Gasteiger partial charge in [-0.3, -0.25) is 4.57 Å². The number of benzene rings is 1. The fraction of sp³-hybridized carbons (Fsp3) is 0. The van der Waals surface area contributed by atoms with Gasteiger partial charge in [0.05, 0.1) is 5.69 Å². The summed E-state index contributed by atoms with van der Waals surface area (Å²) in [5.41, 5.74) is 5.94. The van der Waals surface area contributed by atoms with Gasteiger partial charge >= 0.3 is 0 Å². The van der Waals surface area contributed by atoms with Crippen LogP contribution in [0.5, 0.6) is 0 Å². The second-order valence-corrected chi connectivity index (χ2v) is 2.75. The van der Waals surface area contributed by atoms with Crippen LogP contribution in [0.15, 0.2) is 30.6 Å². The van der Waals surface area contributed by atoms with Crippen molar-refractivity contribution in [3.05, 3.63) is 42.2 Å². The summed E-state index contributed by atoms with van der Waals surface area (Å²) < 4.78 is 26.9. The van der Waals surface area contributed by atoms with Gasteiger partial charge in [-0.05, 0) is 12.1 Å². The predicted octanol–water partition coefficient (Wildman–Crippen LogP) is 1.73. The smallest absolute Gasteiger partial charge is 0.204 e. The molecule has 2 aromatic rings. The molecule has 5 heteroatoms. The van der Waals surface area contributed by atoms with Gasteiger partial charge in [0.2, 0.25) is 5.95 Å². The molecule has 0 fully saturated rings. The van der Waals surface area contributed by atoms with E-state index in [1.165, 1.54) is 16.8 Å². The second kappa shape index (κ2) is 3.10. The van der Waals surface area contributed by atoms with E-state index in [9.17, 15) is 8.78 Å². The Morgan fingerprint density at radius 3 is 2.57 bits per heavy atom. The molecular formula is C9H7F2N3. The van der Waals surface area contributed by atoms with Crippen LogP contribution < -0.4 is 5.73 Å². The monoisotopic (exact) mass is 195 g/mol. The Hall–Kier alpha value is -1.91. The molecule has 0 spiro atoms. The number of nitrogens with zero attached hydrogens (tertiary/aromatic N) is 2. The number of nitrogens with two attached hydrogens (primary N) is 1. The SMILES string of the molecule is Nc1nccn1-c1ccc(F)c(F)c1. The summed E-state index contributed by atoms with van der Waals surface area (Å²) in [6, 6.07) is 3.54. The lowest BCUT2D eigenvalue weighted by Crippen LogP contribution is -2.00. The fourth-order valence-electron chi connectivity index (χ4n) is 1.17. The van der Waals surface area contributed by atoms with Crippen LogP contribution in [0.25, 0.3) is 5.69 Å². The number of anilines is 1. The average Bonchev–Trinajstić information content (AvgIpc) is 2.57. The van der Waals surface area contributed by atoms with Crippen molar-refractivity contribution in [3.63, 3.8) is 0 Å².